The number of methoxy groups -OCH3 is 2. The first kappa shape index (κ1) is 49.2. The minimum absolute atomic E-state index is 0.586. The van der Waals surface area contributed by atoms with Gasteiger partial charge < -0.3 is 28.4 Å². The van der Waals surface area contributed by atoms with Crippen LogP contribution >= 0.6 is 22.7 Å². The van der Waals surface area contributed by atoms with Crippen molar-refractivity contribution in [2.75, 3.05) is 24.0 Å². The van der Waals surface area contributed by atoms with E-state index in [0.717, 1.165) is 58.7 Å². The monoisotopic (exact) mass is 1110 g/mol. The van der Waals surface area contributed by atoms with E-state index in [9.17, 15) is 0 Å². The molecule has 2 aliphatic carbocycles. The zero-order valence-electron chi connectivity index (χ0n) is 46.4. The standard InChI is InChI=1S/C75H56N4O2S2/c1-5-76-69-33-17-49(47-13-9-7-10-14-47)41-61(69)63-43-53(25-35-71(63)76)78(51-19-27-57(80-3)28-20-51)55-23-31-59-60-32-24-56(46-68(60)75(67(59)45-55)65-37-39-82-73(65)74-66(75)38-40-83-74)79(52-21-29-58(81-4)30-22-52)54-26-36-72-64(44-54)62-42-50(48-15-11-8-12-16-48)18-34-70(62)77(72)6-2/h7-46H,5-6H2,1-4H3. The molecule has 0 aliphatic heterocycles. The lowest BCUT2D eigenvalue weighted by molar-refractivity contribution is 0.414. The van der Waals surface area contributed by atoms with Crippen LogP contribution in [0.2, 0.25) is 0 Å². The van der Waals surface area contributed by atoms with Gasteiger partial charge in [-0.2, -0.15) is 0 Å². The zero-order valence-corrected chi connectivity index (χ0v) is 48.1. The SMILES string of the molecule is CCn1c2ccc(-c3ccccc3)cc2c2cc(N(c3ccc(OC)cc3)c3ccc4c(c3)C3(c5cc(N(c6ccc(OC)cc6)c6ccc7c(c6)c6cc(-c8ccccc8)ccc6n7CC)ccc5-4)c4ccsc4-c4sccc43)ccc21. The molecule has 0 saturated heterocycles. The third-order valence-corrected chi connectivity index (χ3v) is 19.7. The van der Waals surface area contributed by atoms with Crippen LogP contribution in [-0.4, -0.2) is 23.4 Å². The molecule has 0 saturated carbocycles. The average Bonchev–Trinajstić information content (AvgIpc) is 2.07. The summed E-state index contributed by atoms with van der Waals surface area (Å²) in [5.74, 6) is 1.63. The highest BCUT2D eigenvalue weighted by atomic mass is 32.1. The first-order valence-electron chi connectivity index (χ1n) is 28.5. The molecule has 83 heavy (non-hydrogen) atoms. The fourth-order valence-electron chi connectivity index (χ4n) is 14.0. The van der Waals surface area contributed by atoms with Gasteiger partial charge in [-0.3, -0.25) is 0 Å². The number of aryl methyl sites for hydroxylation is 2. The van der Waals surface area contributed by atoms with Crippen LogP contribution in [0.1, 0.15) is 36.1 Å². The van der Waals surface area contributed by atoms with Gasteiger partial charge in [-0.15, -0.1) is 22.7 Å². The second-order valence-electron chi connectivity index (χ2n) is 21.7. The van der Waals surface area contributed by atoms with Crippen LogP contribution in [0.4, 0.5) is 34.1 Å². The Bertz CT molecular complexity index is 4550. The van der Waals surface area contributed by atoms with E-state index in [-0.39, 0.29) is 0 Å². The molecule has 4 heterocycles. The molecule has 8 heteroatoms. The van der Waals surface area contributed by atoms with Gasteiger partial charge in [-0.05, 0) is 226 Å². The normalized spacial score (nSPS) is 12.8. The smallest absolute Gasteiger partial charge is 0.119 e. The van der Waals surface area contributed by atoms with Crippen molar-refractivity contribution < 1.29 is 9.47 Å². The Hall–Kier alpha value is -9.60. The van der Waals surface area contributed by atoms with Gasteiger partial charge >= 0.3 is 0 Å². The third kappa shape index (κ3) is 7.39. The van der Waals surface area contributed by atoms with Crippen molar-refractivity contribution in [1.29, 1.82) is 0 Å². The molecule has 0 fully saturated rings. The van der Waals surface area contributed by atoms with E-state index in [4.69, 9.17) is 9.47 Å². The van der Waals surface area contributed by atoms with Crippen LogP contribution in [0, 0.1) is 0 Å². The van der Waals surface area contributed by atoms with E-state index in [1.807, 2.05) is 22.7 Å². The molecule has 6 nitrogen and oxygen atoms in total. The van der Waals surface area contributed by atoms with Gasteiger partial charge in [-0.25, -0.2) is 0 Å². The van der Waals surface area contributed by atoms with Gasteiger partial charge in [0.15, 0.2) is 0 Å². The van der Waals surface area contributed by atoms with E-state index >= 15 is 0 Å². The Kier molecular flexibility index (Phi) is 11.4. The molecular formula is C75H56N4O2S2. The van der Waals surface area contributed by atoms with Crippen LogP contribution in [0.15, 0.2) is 241 Å². The summed E-state index contributed by atoms with van der Waals surface area (Å²) >= 11 is 3.71. The van der Waals surface area contributed by atoms with Crippen molar-refractivity contribution in [3.05, 3.63) is 264 Å². The van der Waals surface area contributed by atoms with E-state index in [1.165, 1.54) is 109 Å². The largest absolute Gasteiger partial charge is 0.497 e. The summed E-state index contributed by atoms with van der Waals surface area (Å²) in [7, 11) is 3.47. The molecule has 14 aromatic rings. The lowest BCUT2D eigenvalue weighted by Gasteiger charge is -2.32. The van der Waals surface area contributed by atoms with Gasteiger partial charge in [0, 0.05) is 101 Å². The van der Waals surface area contributed by atoms with Gasteiger partial charge in [0.25, 0.3) is 0 Å². The quantitative estimate of drug-likeness (QED) is 0.122. The van der Waals surface area contributed by atoms with E-state index in [1.54, 1.807) is 14.2 Å². The van der Waals surface area contributed by atoms with Crippen molar-refractivity contribution >= 4 is 100 Å². The van der Waals surface area contributed by atoms with Gasteiger partial charge in [0.1, 0.15) is 11.5 Å². The van der Waals surface area contributed by atoms with Crippen molar-refractivity contribution in [3.63, 3.8) is 0 Å². The fourth-order valence-corrected chi connectivity index (χ4v) is 16.1. The predicted molar refractivity (Wildman–Crippen MR) is 349 cm³/mol. The molecule has 0 bridgehead atoms. The third-order valence-electron chi connectivity index (χ3n) is 17.7. The van der Waals surface area contributed by atoms with Gasteiger partial charge in [0.2, 0.25) is 0 Å². The Morgan fingerprint density at radius 3 is 1.11 bits per heavy atom. The molecule has 10 aromatic carbocycles. The number of hydrogen-bond donors (Lipinski definition) is 0. The predicted octanol–water partition coefficient (Wildman–Crippen LogP) is 20.7. The van der Waals surface area contributed by atoms with E-state index < -0.39 is 5.41 Å². The summed E-state index contributed by atoms with van der Waals surface area (Å²) in [5.41, 5.74) is 23.3. The Labute approximate surface area is 490 Å². The summed E-state index contributed by atoms with van der Waals surface area (Å²) in [5, 5.41) is 9.53. The molecule has 0 amide bonds. The number of benzene rings is 10. The van der Waals surface area contributed by atoms with Crippen LogP contribution in [0.5, 0.6) is 11.5 Å². The lowest BCUT2D eigenvalue weighted by Crippen LogP contribution is -2.26. The minimum atomic E-state index is -0.586. The van der Waals surface area contributed by atoms with E-state index in [2.05, 4.69) is 274 Å². The van der Waals surface area contributed by atoms with Crippen LogP contribution in [0.3, 0.4) is 0 Å². The number of fused-ring (bicyclic) bond motifs is 16. The Morgan fingerprint density at radius 2 is 0.711 bits per heavy atom. The van der Waals surface area contributed by atoms with Crippen molar-refractivity contribution in [2.24, 2.45) is 0 Å². The molecule has 0 N–H and O–H groups in total. The van der Waals surface area contributed by atoms with Gasteiger partial charge in [-0.1, -0.05) is 84.9 Å². The number of anilines is 6. The molecule has 16 rings (SSSR count). The molecule has 400 valence electrons. The minimum Gasteiger partial charge on any atom is -0.497 e. The van der Waals surface area contributed by atoms with Crippen molar-refractivity contribution in [1.82, 2.24) is 9.13 Å². The highest BCUT2D eigenvalue weighted by molar-refractivity contribution is 7.21. The highest BCUT2D eigenvalue weighted by Crippen LogP contribution is 2.66. The average molecular weight is 1110 g/mol. The van der Waals surface area contributed by atoms with Gasteiger partial charge in [0.05, 0.1) is 19.6 Å². The fraction of sp³-hybridized carbons (Fsp3) is 0.0933. The molecule has 0 radical (unpaired) electrons. The molecule has 0 unspecified atom stereocenters. The maximum absolute atomic E-state index is 5.76. The maximum atomic E-state index is 5.76. The molecule has 0 atom stereocenters. The Morgan fingerprint density at radius 1 is 0.349 bits per heavy atom. The molecule has 1 spiro atoms. The number of nitrogens with zero attached hydrogens (tertiary/aromatic N) is 4. The topological polar surface area (TPSA) is 34.8 Å². The van der Waals surface area contributed by atoms with Crippen molar-refractivity contribution in [3.8, 4) is 54.6 Å². The summed E-state index contributed by atoms with van der Waals surface area (Å²) in [4.78, 5) is 7.58. The second kappa shape index (κ2) is 19.3. The molecule has 2 aliphatic rings. The number of thiophene rings is 2. The summed E-state index contributed by atoms with van der Waals surface area (Å²) in [6.07, 6.45) is 0. The first-order valence-corrected chi connectivity index (χ1v) is 30.3. The lowest BCUT2D eigenvalue weighted by atomic mass is 9.71. The number of aromatic nitrogens is 2. The number of hydrogen-bond acceptors (Lipinski definition) is 6. The number of rotatable bonds is 12. The summed E-state index contributed by atoms with van der Waals surface area (Å²) < 4.78 is 16.4. The summed E-state index contributed by atoms with van der Waals surface area (Å²) in [6.45, 7) is 6.22. The summed E-state index contributed by atoms with van der Waals surface area (Å²) in [6, 6.07) is 85.7. The molecular weight excluding hydrogens is 1050 g/mol. The van der Waals surface area contributed by atoms with E-state index in [0.29, 0.717) is 0 Å². The highest BCUT2D eigenvalue weighted by Gasteiger charge is 2.53. The Balaban J connectivity index is 0.895. The van der Waals surface area contributed by atoms with Crippen LogP contribution in [-0.2, 0) is 18.5 Å². The molecule has 4 aromatic heterocycles. The first-order chi connectivity index (χ1) is 40.9. The zero-order chi connectivity index (χ0) is 55.5. The maximum Gasteiger partial charge on any atom is 0.119 e. The van der Waals surface area contributed by atoms with Crippen molar-refractivity contribution in [2.45, 2.75) is 32.4 Å². The number of ether oxygens (including phenoxy) is 2. The second-order valence-corrected chi connectivity index (χ2v) is 23.5. The van der Waals surface area contributed by atoms with Crippen LogP contribution < -0.4 is 19.3 Å². The van der Waals surface area contributed by atoms with Crippen LogP contribution in [0.25, 0.3) is 86.7 Å².